The van der Waals surface area contributed by atoms with Crippen LogP contribution in [0.15, 0.2) is 78.9 Å². The number of hydrogen-bond acceptors (Lipinski definition) is 5. The van der Waals surface area contributed by atoms with Crippen molar-refractivity contribution < 1.29 is 4.92 Å². The normalized spacial score (nSPS) is 10.6. The lowest BCUT2D eigenvalue weighted by molar-refractivity contribution is -0.383. The molecule has 0 bridgehead atoms. The molecule has 0 saturated carbocycles. The van der Waals surface area contributed by atoms with Gasteiger partial charge in [0.15, 0.2) is 5.82 Å². The topological polar surface area (TPSA) is 81.0 Å². The number of nitrogens with zero attached hydrogens (tertiary/aromatic N) is 3. The molecule has 1 aromatic heterocycles. The lowest BCUT2D eigenvalue weighted by Crippen LogP contribution is -2.01. The van der Waals surface area contributed by atoms with Crippen molar-refractivity contribution in [1.29, 1.82) is 0 Å². The molecule has 0 unspecified atom stereocenters. The van der Waals surface area contributed by atoms with Crippen molar-refractivity contribution in [2.45, 2.75) is 0 Å². The van der Waals surface area contributed by atoms with E-state index in [-0.39, 0.29) is 5.69 Å². The predicted molar refractivity (Wildman–Crippen MR) is 101 cm³/mol. The number of rotatable bonds is 4. The van der Waals surface area contributed by atoms with Crippen molar-refractivity contribution in [3.05, 3.63) is 89.0 Å². The molecule has 0 atom stereocenters. The van der Waals surface area contributed by atoms with E-state index in [0.29, 0.717) is 17.3 Å². The molecule has 6 nitrogen and oxygen atoms in total. The maximum atomic E-state index is 11.3. The first-order valence-electron chi connectivity index (χ1n) is 8.05. The van der Waals surface area contributed by atoms with Gasteiger partial charge in [0, 0.05) is 17.0 Å². The molecule has 0 aliphatic carbocycles. The van der Waals surface area contributed by atoms with Crippen LogP contribution in [0.5, 0.6) is 0 Å². The summed E-state index contributed by atoms with van der Waals surface area (Å²) in [5.74, 6) is 1.09. The monoisotopic (exact) mass is 342 g/mol. The summed E-state index contributed by atoms with van der Waals surface area (Å²) >= 11 is 0. The molecule has 0 spiro atoms. The predicted octanol–water partition coefficient (Wildman–Crippen LogP) is 4.95. The van der Waals surface area contributed by atoms with E-state index >= 15 is 0 Å². The molecule has 0 aliphatic rings. The van der Waals surface area contributed by atoms with Crippen LogP contribution in [0.4, 0.5) is 17.2 Å². The molecule has 4 rings (SSSR count). The van der Waals surface area contributed by atoms with Crippen LogP contribution in [0.2, 0.25) is 0 Å². The highest BCUT2D eigenvalue weighted by Gasteiger charge is 2.15. The van der Waals surface area contributed by atoms with Gasteiger partial charge in [0.25, 0.3) is 5.69 Å². The fourth-order valence-corrected chi connectivity index (χ4v) is 2.75. The second kappa shape index (κ2) is 6.60. The molecule has 0 radical (unpaired) electrons. The Kier molecular flexibility index (Phi) is 3.99. The van der Waals surface area contributed by atoms with Gasteiger partial charge in [-0.2, -0.15) is 0 Å². The number of anilines is 2. The summed E-state index contributed by atoms with van der Waals surface area (Å²) in [6.45, 7) is 0. The highest BCUT2D eigenvalue weighted by molar-refractivity contribution is 5.93. The van der Waals surface area contributed by atoms with Crippen molar-refractivity contribution in [2.24, 2.45) is 0 Å². The van der Waals surface area contributed by atoms with Gasteiger partial charge in [-0.25, -0.2) is 9.97 Å². The zero-order valence-electron chi connectivity index (χ0n) is 13.7. The van der Waals surface area contributed by atoms with Crippen LogP contribution < -0.4 is 5.32 Å². The largest absolute Gasteiger partial charge is 0.334 e. The molecule has 1 heterocycles. The number of para-hydroxylation sites is 3. The smallest absolute Gasteiger partial charge is 0.292 e. The lowest BCUT2D eigenvalue weighted by atomic mass is 10.1. The van der Waals surface area contributed by atoms with Gasteiger partial charge >= 0.3 is 0 Å². The second-order valence-electron chi connectivity index (χ2n) is 5.68. The van der Waals surface area contributed by atoms with E-state index in [1.54, 1.807) is 18.2 Å². The Morgan fingerprint density at radius 2 is 1.50 bits per heavy atom. The van der Waals surface area contributed by atoms with E-state index in [4.69, 9.17) is 0 Å². The summed E-state index contributed by atoms with van der Waals surface area (Å²) in [4.78, 5) is 20.1. The third kappa shape index (κ3) is 2.95. The van der Waals surface area contributed by atoms with Crippen LogP contribution in [0.25, 0.3) is 22.3 Å². The second-order valence-corrected chi connectivity index (χ2v) is 5.68. The van der Waals surface area contributed by atoms with Crippen LogP contribution >= 0.6 is 0 Å². The molecular formula is C20H14N4O2. The zero-order valence-corrected chi connectivity index (χ0v) is 13.7. The average Bonchev–Trinajstić information content (AvgIpc) is 2.69. The Morgan fingerprint density at radius 1 is 0.808 bits per heavy atom. The minimum absolute atomic E-state index is 0.00328. The molecule has 0 aliphatic heterocycles. The molecule has 4 aromatic rings. The molecule has 1 N–H and O–H groups in total. The maximum Gasteiger partial charge on any atom is 0.292 e. The van der Waals surface area contributed by atoms with E-state index < -0.39 is 4.92 Å². The number of fused-ring (bicyclic) bond motifs is 1. The van der Waals surface area contributed by atoms with Gasteiger partial charge in [-0.05, 0) is 18.2 Å². The Morgan fingerprint density at radius 3 is 2.31 bits per heavy atom. The van der Waals surface area contributed by atoms with E-state index in [2.05, 4.69) is 15.3 Å². The van der Waals surface area contributed by atoms with E-state index in [0.717, 1.165) is 16.5 Å². The van der Waals surface area contributed by atoms with E-state index in [1.165, 1.54) is 6.07 Å². The molecule has 0 amide bonds. The van der Waals surface area contributed by atoms with Gasteiger partial charge in [-0.3, -0.25) is 10.1 Å². The van der Waals surface area contributed by atoms with Gasteiger partial charge in [-0.15, -0.1) is 0 Å². The average molecular weight is 342 g/mol. The summed E-state index contributed by atoms with van der Waals surface area (Å²) in [6, 6.07) is 23.7. The quantitative estimate of drug-likeness (QED) is 0.419. The molecule has 0 fully saturated rings. The zero-order chi connectivity index (χ0) is 17.9. The Hall–Kier alpha value is -3.80. The van der Waals surface area contributed by atoms with Crippen molar-refractivity contribution >= 4 is 28.1 Å². The first-order chi connectivity index (χ1) is 12.7. The minimum atomic E-state index is -0.413. The van der Waals surface area contributed by atoms with Gasteiger partial charge in [0.05, 0.1) is 10.4 Å². The van der Waals surface area contributed by atoms with Gasteiger partial charge in [-0.1, -0.05) is 54.6 Å². The number of nitro groups is 1. The highest BCUT2D eigenvalue weighted by Crippen LogP contribution is 2.31. The van der Waals surface area contributed by atoms with Crippen molar-refractivity contribution in [1.82, 2.24) is 9.97 Å². The van der Waals surface area contributed by atoms with Gasteiger partial charge in [0.2, 0.25) is 0 Å². The summed E-state index contributed by atoms with van der Waals surface area (Å²) < 4.78 is 0. The van der Waals surface area contributed by atoms with Crippen LogP contribution in [-0.4, -0.2) is 14.9 Å². The summed E-state index contributed by atoms with van der Waals surface area (Å²) in [5.41, 5.74) is 2.03. The Bertz CT molecular complexity index is 1100. The van der Waals surface area contributed by atoms with E-state index in [9.17, 15) is 10.1 Å². The Labute approximate surface area is 149 Å². The van der Waals surface area contributed by atoms with Gasteiger partial charge in [0.1, 0.15) is 11.5 Å². The summed E-state index contributed by atoms with van der Waals surface area (Å²) in [6.07, 6.45) is 0. The fraction of sp³-hybridized carbons (Fsp3) is 0. The van der Waals surface area contributed by atoms with E-state index in [1.807, 2.05) is 54.6 Å². The summed E-state index contributed by atoms with van der Waals surface area (Å²) in [5, 5.41) is 15.2. The molecule has 26 heavy (non-hydrogen) atoms. The number of benzene rings is 3. The fourth-order valence-electron chi connectivity index (χ4n) is 2.75. The minimum Gasteiger partial charge on any atom is -0.334 e. The SMILES string of the molecule is O=[N+]([O-])c1ccccc1Nc1nc(-c2ccccc2)nc2ccccc12. The summed E-state index contributed by atoms with van der Waals surface area (Å²) in [7, 11) is 0. The third-order valence-corrected chi connectivity index (χ3v) is 3.99. The van der Waals surface area contributed by atoms with Crippen LogP contribution in [0.3, 0.4) is 0 Å². The molecule has 3 aromatic carbocycles. The first-order valence-corrected chi connectivity index (χ1v) is 8.05. The van der Waals surface area contributed by atoms with Crippen LogP contribution in [-0.2, 0) is 0 Å². The maximum absolute atomic E-state index is 11.3. The standard InChI is InChI=1S/C20H14N4O2/c25-24(26)18-13-7-6-12-17(18)22-20-15-10-4-5-11-16(15)21-19(23-20)14-8-2-1-3-9-14/h1-13H,(H,21,22,23). The Balaban J connectivity index is 1.88. The molecule has 0 saturated heterocycles. The molecule has 6 heteroatoms. The number of nitrogens with one attached hydrogen (secondary N) is 1. The lowest BCUT2D eigenvalue weighted by Gasteiger charge is -2.11. The third-order valence-electron chi connectivity index (χ3n) is 3.99. The van der Waals surface area contributed by atoms with Crippen molar-refractivity contribution in [3.63, 3.8) is 0 Å². The number of aromatic nitrogens is 2. The van der Waals surface area contributed by atoms with Crippen molar-refractivity contribution in [2.75, 3.05) is 5.32 Å². The molecular weight excluding hydrogens is 328 g/mol. The first kappa shape index (κ1) is 15.7. The highest BCUT2D eigenvalue weighted by atomic mass is 16.6. The number of nitro benzene ring substituents is 1. The molecule has 126 valence electrons. The number of hydrogen-bond donors (Lipinski definition) is 1. The van der Waals surface area contributed by atoms with Crippen molar-refractivity contribution in [3.8, 4) is 11.4 Å². The van der Waals surface area contributed by atoms with Gasteiger partial charge < -0.3 is 5.32 Å². The van der Waals surface area contributed by atoms with Crippen LogP contribution in [0.1, 0.15) is 0 Å². The van der Waals surface area contributed by atoms with Crippen LogP contribution in [0, 0.1) is 10.1 Å².